The number of aryl methyl sites for hydroxylation is 2. The van der Waals surface area contributed by atoms with Crippen molar-refractivity contribution < 1.29 is 22.7 Å². The minimum absolute atomic E-state index is 0.0128. The number of carbonyl (C=O) groups excluding carboxylic acids is 2. The quantitative estimate of drug-likeness (QED) is 0.612. The number of carbonyl (C=O) groups is 2. The summed E-state index contributed by atoms with van der Waals surface area (Å²) in [6, 6.07) is 3.64. The molecule has 1 saturated heterocycles. The van der Waals surface area contributed by atoms with Crippen LogP contribution in [-0.2, 0) is 19.8 Å². The molecule has 1 aromatic carbocycles. The van der Waals surface area contributed by atoms with Gasteiger partial charge in [-0.2, -0.15) is 12.7 Å². The summed E-state index contributed by atoms with van der Waals surface area (Å²) >= 11 is 0. The third kappa shape index (κ3) is 4.08. The summed E-state index contributed by atoms with van der Waals surface area (Å²) in [7, 11) is -2.27. The lowest BCUT2D eigenvalue weighted by atomic mass is 9.47. The largest absolute Gasteiger partial charge is 0.497 e. The number of amides is 2. The molecule has 6 rings (SSSR count). The van der Waals surface area contributed by atoms with Crippen LogP contribution in [0.2, 0.25) is 0 Å². The van der Waals surface area contributed by atoms with Crippen molar-refractivity contribution in [3.05, 3.63) is 23.3 Å². The summed E-state index contributed by atoms with van der Waals surface area (Å²) < 4.78 is 35.1. The average molecular weight is 505 g/mol. The van der Waals surface area contributed by atoms with Gasteiger partial charge in [0.15, 0.2) is 0 Å². The fourth-order valence-electron chi connectivity index (χ4n) is 7.53. The lowest BCUT2D eigenvalue weighted by Gasteiger charge is -2.58. The Hall–Kier alpha value is -2.33. The lowest BCUT2D eigenvalue weighted by molar-refractivity contribution is -0.147. The van der Waals surface area contributed by atoms with Crippen LogP contribution >= 0.6 is 0 Å². The van der Waals surface area contributed by atoms with Gasteiger partial charge < -0.3 is 15.8 Å². The van der Waals surface area contributed by atoms with E-state index >= 15 is 0 Å². The molecule has 0 aromatic heterocycles. The monoisotopic (exact) mass is 504 g/mol. The summed E-state index contributed by atoms with van der Waals surface area (Å²) in [5.74, 6) is 1.17. The zero-order chi connectivity index (χ0) is 25.1. The molecule has 0 spiro atoms. The van der Waals surface area contributed by atoms with Crippen molar-refractivity contribution in [2.24, 2.45) is 28.9 Å². The first kappa shape index (κ1) is 24.4. The SMILES string of the molecule is COc1cc(C)c(N2CCCN(CC(=O)NC3C4CC5CC3CC(C(N)=O)(C5)C4)S2(=O)=O)c(C)c1. The molecule has 5 aliphatic rings. The molecule has 2 amide bonds. The third-order valence-electron chi connectivity index (χ3n) is 8.77. The summed E-state index contributed by atoms with van der Waals surface area (Å²) in [5.41, 5.74) is 7.64. The van der Waals surface area contributed by atoms with Crippen LogP contribution < -0.4 is 20.1 Å². The second-order valence-corrected chi connectivity index (χ2v) is 12.9. The predicted molar refractivity (Wildman–Crippen MR) is 132 cm³/mol. The second-order valence-electron chi connectivity index (χ2n) is 11.1. The standard InChI is InChI=1S/C25H36N4O5S/c1-15-7-20(34-3)8-16(2)23(15)29-6-4-5-28(35(29,32)33)14-21(30)27-22-18-9-17-10-19(22)13-25(11-17,12-18)24(26)31/h7-8,17-19,22H,4-6,9-14H2,1-3H3,(H2,26,31)(H,27,30). The minimum Gasteiger partial charge on any atom is -0.497 e. The molecule has 4 aliphatic carbocycles. The third-order valence-corrected chi connectivity index (χ3v) is 10.7. The molecule has 35 heavy (non-hydrogen) atoms. The van der Waals surface area contributed by atoms with Crippen molar-refractivity contribution in [1.29, 1.82) is 0 Å². The maximum absolute atomic E-state index is 13.6. The Morgan fingerprint density at radius 2 is 1.74 bits per heavy atom. The van der Waals surface area contributed by atoms with Gasteiger partial charge in [-0.15, -0.1) is 0 Å². The van der Waals surface area contributed by atoms with E-state index in [0.717, 1.165) is 43.2 Å². The van der Waals surface area contributed by atoms with Gasteiger partial charge in [-0.25, -0.2) is 0 Å². The molecule has 2 unspecified atom stereocenters. The molecule has 0 radical (unpaired) electrons. The molecular formula is C25H36N4O5S. The normalized spacial score (nSPS) is 33.5. The fourth-order valence-corrected chi connectivity index (χ4v) is 9.33. The van der Waals surface area contributed by atoms with Gasteiger partial charge in [-0.05, 0) is 93.4 Å². The Balaban J connectivity index is 1.30. The number of ether oxygens (including phenoxy) is 1. The number of nitrogens with two attached hydrogens (primary N) is 1. The molecule has 3 N–H and O–H groups in total. The van der Waals surface area contributed by atoms with E-state index in [1.54, 1.807) is 7.11 Å². The van der Waals surface area contributed by atoms with Crippen LogP contribution in [-0.4, -0.2) is 57.3 Å². The number of primary amides is 1. The zero-order valence-corrected chi connectivity index (χ0v) is 21.6. The number of nitrogens with zero attached hydrogens (tertiary/aromatic N) is 2. The maximum Gasteiger partial charge on any atom is 0.304 e. The number of hydrogen-bond donors (Lipinski definition) is 2. The van der Waals surface area contributed by atoms with Crippen molar-refractivity contribution >= 4 is 27.7 Å². The first-order valence-corrected chi connectivity index (χ1v) is 14.0. The van der Waals surface area contributed by atoms with E-state index in [1.807, 2.05) is 26.0 Å². The van der Waals surface area contributed by atoms with E-state index in [9.17, 15) is 18.0 Å². The van der Waals surface area contributed by atoms with E-state index in [1.165, 1.54) is 8.61 Å². The number of rotatable bonds is 6. The predicted octanol–water partition coefficient (Wildman–Crippen LogP) is 1.87. The molecule has 10 heteroatoms. The van der Waals surface area contributed by atoms with Crippen LogP contribution in [0.4, 0.5) is 5.69 Å². The van der Waals surface area contributed by atoms with Gasteiger partial charge in [0.05, 0.1) is 19.3 Å². The van der Waals surface area contributed by atoms with Gasteiger partial charge >= 0.3 is 10.2 Å². The number of methoxy groups -OCH3 is 1. The van der Waals surface area contributed by atoms with Gasteiger partial charge in [0.2, 0.25) is 11.8 Å². The topological polar surface area (TPSA) is 122 Å². The second kappa shape index (κ2) is 8.65. The smallest absolute Gasteiger partial charge is 0.304 e. The molecule has 192 valence electrons. The molecule has 5 fully saturated rings. The van der Waals surface area contributed by atoms with E-state index in [0.29, 0.717) is 36.9 Å². The molecule has 1 aromatic rings. The van der Waals surface area contributed by atoms with Crippen molar-refractivity contribution in [1.82, 2.24) is 9.62 Å². The van der Waals surface area contributed by atoms with Crippen LogP contribution in [0.3, 0.4) is 0 Å². The highest BCUT2D eigenvalue weighted by Crippen LogP contribution is 2.59. The van der Waals surface area contributed by atoms with E-state index < -0.39 is 15.6 Å². The number of anilines is 1. The molecule has 4 bridgehead atoms. The number of benzene rings is 1. The van der Waals surface area contributed by atoms with Crippen molar-refractivity contribution in [3.8, 4) is 5.75 Å². The number of hydrogen-bond acceptors (Lipinski definition) is 5. The van der Waals surface area contributed by atoms with Crippen molar-refractivity contribution in [2.75, 3.05) is 31.0 Å². The van der Waals surface area contributed by atoms with E-state index in [4.69, 9.17) is 10.5 Å². The van der Waals surface area contributed by atoms with Crippen LogP contribution in [0.5, 0.6) is 5.75 Å². The molecule has 4 saturated carbocycles. The molecule has 9 nitrogen and oxygen atoms in total. The van der Waals surface area contributed by atoms with Gasteiger partial charge in [0.1, 0.15) is 5.75 Å². The Morgan fingerprint density at radius 3 is 2.31 bits per heavy atom. The van der Waals surface area contributed by atoms with Gasteiger partial charge in [-0.1, -0.05) is 0 Å². The summed E-state index contributed by atoms with van der Waals surface area (Å²) in [5, 5.41) is 3.16. The Bertz CT molecular complexity index is 1110. The first-order chi connectivity index (χ1) is 16.5. The highest BCUT2D eigenvalue weighted by atomic mass is 32.2. The van der Waals surface area contributed by atoms with Crippen molar-refractivity contribution in [3.63, 3.8) is 0 Å². The molecule has 1 aliphatic heterocycles. The Morgan fingerprint density at radius 1 is 1.11 bits per heavy atom. The summed E-state index contributed by atoms with van der Waals surface area (Å²) in [6.07, 6.45) is 4.97. The highest BCUT2D eigenvalue weighted by Gasteiger charge is 2.58. The number of nitrogens with one attached hydrogen (secondary N) is 1. The first-order valence-electron chi connectivity index (χ1n) is 12.6. The van der Waals surface area contributed by atoms with E-state index in [-0.39, 0.29) is 36.2 Å². The van der Waals surface area contributed by atoms with Crippen LogP contribution in [0, 0.1) is 37.0 Å². The average Bonchev–Trinajstić information content (AvgIpc) is 2.77. The highest BCUT2D eigenvalue weighted by molar-refractivity contribution is 7.90. The van der Waals surface area contributed by atoms with Gasteiger partial charge in [0, 0.05) is 24.5 Å². The van der Waals surface area contributed by atoms with Crippen LogP contribution in [0.25, 0.3) is 0 Å². The van der Waals surface area contributed by atoms with E-state index in [2.05, 4.69) is 5.32 Å². The van der Waals surface area contributed by atoms with Gasteiger partial charge in [0.25, 0.3) is 0 Å². The fraction of sp³-hybridized carbons (Fsp3) is 0.680. The summed E-state index contributed by atoms with van der Waals surface area (Å²) in [4.78, 5) is 25.3. The zero-order valence-electron chi connectivity index (χ0n) is 20.7. The Kier molecular flexibility index (Phi) is 6.03. The summed E-state index contributed by atoms with van der Waals surface area (Å²) in [6.45, 7) is 4.23. The lowest BCUT2D eigenvalue weighted by Crippen LogP contribution is -2.63. The van der Waals surface area contributed by atoms with Crippen LogP contribution in [0.15, 0.2) is 12.1 Å². The van der Waals surface area contributed by atoms with Crippen LogP contribution in [0.1, 0.15) is 49.7 Å². The van der Waals surface area contributed by atoms with Crippen molar-refractivity contribution in [2.45, 2.75) is 58.4 Å². The Labute approximate surface area is 207 Å². The molecule has 2 atom stereocenters. The maximum atomic E-state index is 13.6. The minimum atomic E-state index is -3.86. The van der Waals surface area contributed by atoms with Gasteiger partial charge in [-0.3, -0.25) is 13.9 Å². The molecular weight excluding hydrogens is 468 g/mol. The molecule has 1 heterocycles.